The van der Waals surface area contributed by atoms with Gasteiger partial charge in [-0.1, -0.05) is 12.8 Å². The van der Waals surface area contributed by atoms with Crippen molar-refractivity contribution in [3.63, 3.8) is 0 Å². The molecule has 1 aliphatic rings. The third-order valence-electron chi connectivity index (χ3n) is 3.17. The highest BCUT2D eigenvalue weighted by Crippen LogP contribution is 2.33. The minimum absolute atomic E-state index is 0.279. The fourth-order valence-corrected chi connectivity index (χ4v) is 1.96. The number of halogens is 1. The number of rotatable bonds is 6. The zero-order chi connectivity index (χ0) is 12.1. The largest absolute Gasteiger partial charge is 0.313 e. The predicted molar refractivity (Wildman–Crippen MR) is 64.8 cm³/mol. The summed E-state index contributed by atoms with van der Waals surface area (Å²) in [5, 5.41) is 12.2. The van der Waals surface area contributed by atoms with Crippen LogP contribution in [0.1, 0.15) is 36.8 Å². The first-order valence-electron chi connectivity index (χ1n) is 6.19. The van der Waals surface area contributed by atoms with Gasteiger partial charge in [0.1, 0.15) is 5.82 Å². The normalized spacial score (nSPS) is 14.6. The summed E-state index contributed by atoms with van der Waals surface area (Å²) in [7, 11) is 0. The van der Waals surface area contributed by atoms with E-state index in [1.807, 2.05) is 0 Å². The molecule has 0 aliphatic heterocycles. The van der Waals surface area contributed by atoms with E-state index in [1.165, 1.54) is 43.9 Å². The molecule has 0 bridgehead atoms. The monoisotopic (exact) mass is 232 g/mol. The van der Waals surface area contributed by atoms with E-state index in [1.54, 1.807) is 0 Å². The van der Waals surface area contributed by atoms with Crippen LogP contribution in [-0.4, -0.2) is 6.54 Å². The smallest absolute Gasteiger partial charge is 0.123 e. The molecule has 0 spiro atoms. The summed E-state index contributed by atoms with van der Waals surface area (Å²) in [4.78, 5) is 0. The van der Waals surface area contributed by atoms with Gasteiger partial charge in [-0.2, -0.15) is 5.26 Å². The highest BCUT2D eigenvalue weighted by atomic mass is 19.1. The van der Waals surface area contributed by atoms with Crippen LogP contribution in [0, 0.1) is 23.1 Å². The van der Waals surface area contributed by atoms with Crippen molar-refractivity contribution >= 4 is 0 Å². The predicted octanol–water partition coefficient (Wildman–Crippen LogP) is 2.98. The van der Waals surface area contributed by atoms with Crippen LogP contribution in [0.25, 0.3) is 0 Å². The van der Waals surface area contributed by atoms with E-state index in [2.05, 4.69) is 11.4 Å². The van der Waals surface area contributed by atoms with E-state index in [4.69, 9.17) is 5.26 Å². The SMILES string of the molecule is N#Cc1ccc(F)cc1CNCCCC1CC1. The Bertz CT molecular complexity index is 419. The summed E-state index contributed by atoms with van der Waals surface area (Å²) in [5.74, 6) is 0.680. The Labute approximate surface area is 101 Å². The van der Waals surface area contributed by atoms with E-state index in [0.717, 1.165) is 18.0 Å². The Hall–Kier alpha value is -1.40. The Morgan fingerprint density at radius 3 is 2.94 bits per heavy atom. The molecule has 1 aromatic carbocycles. The molecule has 0 saturated heterocycles. The summed E-state index contributed by atoms with van der Waals surface area (Å²) in [5.41, 5.74) is 1.31. The van der Waals surface area contributed by atoms with Gasteiger partial charge >= 0.3 is 0 Å². The maximum Gasteiger partial charge on any atom is 0.123 e. The van der Waals surface area contributed by atoms with Crippen molar-refractivity contribution < 1.29 is 4.39 Å². The summed E-state index contributed by atoms with van der Waals surface area (Å²) >= 11 is 0. The second-order valence-corrected chi connectivity index (χ2v) is 4.68. The van der Waals surface area contributed by atoms with E-state index >= 15 is 0 Å². The molecule has 0 radical (unpaired) electrons. The maximum absolute atomic E-state index is 13.0. The lowest BCUT2D eigenvalue weighted by atomic mass is 10.1. The third-order valence-corrected chi connectivity index (χ3v) is 3.17. The third kappa shape index (κ3) is 3.83. The molecule has 2 rings (SSSR count). The van der Waals surface area contributed by atoms with Gasteiger partial charge < -0.3 is 5.32 Å². The lowest BCUT2D eigenvalue weighted by Gasteiger charge is -2.06. The Kier molecular flexibility index (Phi) is 4.11. The molecule has 2 nitrogen and oxygen atoms in total. The van der Waals surface area contributed by atoms with Crippen LogP contribution in [0.4, 0.5) is 4.39 Å². The summed E-state index contributed by atoms with van der Waals surface area (Å²) in [6, 6.07) is 6.39. The molecule has 0 amide bonds. The molecule has 3 heteroatoms. The summed E-state index contributed by atoms with van der Waals surface area (Å²) in [6.07, 6.45) is 5.24. The minimum atomic E-state index is -0.279. The number of hydrogen-bond acceptors (Lipinski definition) is 2. The zero-order valence-corrected chi connectivity index (χ0v) is 9.88. The van der Waals surface area contributed by atoms with Crippen LogP contribution >= 0.6 is 0 Å². The van der Waals surface area contributed by atoms with E-state index in [0.29, 0.717) is 12.1 Å². The number of hydrogen-bond donors (Lipinski definition) is 1. The molecule has 1 N–H and O–H groups in total. The average molecular weight is 232 g/mol. The first-order valence-corrected chi connectivity index (χ1v) is 6.19. The zero-order valence-electron chi connectivity index (χ0n) is 9.88. The van der Waals surface area contributed by atoms with Crippen molar-refractivity contribution in [1.82, 2.24) is 5.32 Å². The van der Waals surface area contributed by atoms with Gasteiger partial charge in [0, 0.05) is 6.54 Å². The van der Waals surface area contributed by atoms with Crippen LogP contribution in [0.2, 0.25) is 0 Å². The minimum Gasteiger partial charge on any atom is -0.313 e. The summed E-state index contributed by atoms with van der Waals surface area (Å²) in [6.45, 7) is 1.52. The van der Waals surface area contributed by atoms with Crippen molar-refractivity contribution in [2.75, 3.05) is 6.54 Å². The molecular formula is C14H17FN2. The molecule has 0 atom stereocenters. The Balaban J connectivity index is 1.76. The highest BCUT2D eigenvalue weighted by molar-refractivity contribution is 5.37. The van der Waals surface area contributed by atoms with Crippen molar-refractivity contribution in [2.45, 2.75) is 32.2 Å². The quantitative estimate of drug-likeness (QED) is 0.765. The van der Waals surface area contributed by atoms with Gasteiger partial charge in [-0.05, 0) is 49.1 Å². The lowest BCUT2D eigenvalue weighted by Crippen LogP contribution is -2.15. The fourth-order valence-electron chi connectivity index (χ4n) is 1.96. The van der Waals surface area contributed by atoms with E-state index < -0.39 is 0 Å². The molecule has 90 valence electrons. The first-order chi connectivity index (χ1) is 8.29. The van der Waals surface area contributed by atoms with Gasteiger partial charge in [0.2, 0.25) is 0 Å². The van der Waals surface area contributed by atoms with Gasteiger partial charge in [-0.15, -0.1) is 0 Å². The number of nitriles is 1. The van der Waals surface area contributed by atoms with Gasteiger partial charge in [-0.25, -0.2) is 4.39 Å². The molecule has 1 saturated carbocycles. The van der Waals surface area contributed by atoms with Crippen LogP contribution < -0.4 is 5.32 Å². The summed E-state index contributed by atoms with van der Waals surface area (Å²) < 4.78 is 13.0. The number of nitrogens with one attached hydrogen (secondary N) is 1. The highest BCUT2D eigenvalue weighted by Gasteiger charge is 2.19. The molecule has 17 heavy (non-hydrogen) atoms. The second kappa shape index (κ2) is 5.79. The van der Waals surface area contributed by atoms with Crippen LogP contribution in [0.5, 0.6) is 0 Å². The fraction of sp³-hybridized carbons (Fsp3) is 0.500. The van der Waals surface area contributed by atoms with Gasteiger partial charge in [0.15, 0.2) is 0 Å². The van der Waals surface area contributed by atoms with Crippen LogP contribution in [0.15, 0.2) is 18.2 Å². The molecule has 1 aliphatic carbocycles. The van der Waals surface area contributed by atoms with E-state index in [-0.39, 0.29) is 5.82 Å². The van der Waals surface area contributed by atoms with Crippen LogP contribution in [-0.2, 0) is 6.54 Å². The molecule has 0 heterocycles. The first kappa shape index (κ1) is 12.1. The Morgan fingerprint density at radius 2 is 2.24 bits per heavy atom. The van der Waals surface area contributed by atoms with Gasteiger partial charge in [-0.3, -0.25) is 0 Å². The maximum atomic E-state index is 13.0. The molecule has 0 aromatic heterocycles. The Morgan fingerprint density at radius 1 is 1.41 bits per heavy atom. The number of nitrogens with zero attached hydrogens (tertiary/aromatic N) is 1. The van der Waals surface area contributed by atoms with Crippen molar-refractivity contribution in [2.24, 2.45) is 5.92 Å². The standard InChI is InChI=1S/C14H17FN2/c15-14-6-5-12(9-16)13(8-14)10-17-7-1-2-11-3-4-11/h5-6,8,11,17H,1-4,7,10H2. The molecule has 1 aromatic rings. The molecule has 0 unspecified atom stereocenters. The number of benzene rings is 1. The molecule has 1 fully saturated rings. The van der Waals surface area contributed by atoms with Crippen molar-refractivity contribution in [3.05, 3.63) is 35.1 Å². The van der Waals surface area contributed by atoms with Gasteiger partial charge in [0.05, 0.1) is 11.6 Å². The second-order valence-electron chi connectivity index (χ2n) is 4.68. The van der Waals surface area contributed by atoms with Gasteiger partial charge in [0.25, 0.3) is 0 Å². The van der Waals surface area contributed by atoms with Crippen molar-refractivity contribution in [3.8, 4) is 6.07 Å². The topological polar surface area (TPSA) is 35.8 Å². The van der Waals surface area contributed by atoms with E-state index in [9.17, 15) is 4.39 Å². The average Bonchev–Trinajstić information content (AvgIpc) is 3.13. The van der Waals surface area contributed by atoms with Crippen molar-refractivity contribution in [1.29, 1.82) is 5.26 Å². The lowest BCUT2D eigenvalue weighted by molar-refractivity contribution is 0.588. The molecular weight excluding hydrogens is 215 g/mol. The van der Waals surface area contributed by atoms with Crippen LogP contribution in [0.3, 0.4) is 0 Å².